The van der Waals surface area contributed by atoms with E-state index in [4.69, 9.17) is 0 Å². The van der Waals surface area contributed by atoms with E-state index in [-0.39, 0.29) is 0 Å². The third kappa shape index (κ3) is 4.26. The fourth-order valence-electron chi connectivity index (χ4n) is 2.68. The van der Waals surface area contributed by atoms with Gasteiger partial charge in [0.1, 0.15) is 0 Å². The first-order chi connectivity index (χ1) is 9.72. The van der Waals surface area contributed by atoms with Gasteiger partial charge in [-0.05, 0) is 20.0 Å². The van der Waals surface area contributed by atoms with Crippen LogP contribution >= 0.6 is 0 Å². The minimum absolute atomic E-state index is 0.698. The SMILES string of the molecule is CCNCc1cn(CCN2CCN(C)C(CC)C2)nn1. The number of hydrogen-bond donors (Lipinski definition) is 1. The third-order valence-corrected chi connectivity index (χ3v) is 4.12. The van der Waals surface area contributed by atoms with Crippen LogP contribution in [0.3, 0.4) is 0 Å². The number of aromatic nitrogens is 3. The van der Waals surface area contributed by atoms with Crippen molar-refractivity contribution in [1.82, 2.24) is 30.1 Å². The summed E-state index contributed by atoms with van der Waals surface area (Å²) in [6.45, 7) is 11.6. The molecule has 0 saturated carbocycles. The van der Waals surface area contributed by atoms with Crippen molar-refractivity contribution in [3.05, 3.63) is 11.9 Å². The molecule has 1 aliphatic heterocycles. The number of rotatable bonds is 7. The van der Waals surface area contributed by atoms with Crippen molar-refractivity contribution in [2.75, 3.05) is 39.8 Å². The molecule has 0 amide bonds. The van der Waals surface area contributed by atoms with Crippen molar-refractivity contribution in [2.45, 2.75) is 39.4 Å². The summed E-state index contributed by atoms with van der Waals surface area (Å²) in [5, 5.41) is 11.7. The maximum absolute atomic E-state index is 4.20. The molecule has 2 rings (SSSR count). The van der Waals surface area contributed by atoms with Crippen LogP contribution in [0.15, 0.2) is 6.20 Å². The smallest absolute Gasteiger partial charge is 0.0964 e. The molecule has 0 aromatic carbocycles. The van der Waals surface area contributed by atoms with Crippen molar-refractivity contribution in [1.29, 1.82) is 0 Å². The minimum Gasteiger partial charge on any atom is -0.311 e. The summed E-state index contributed by atoms with van der Waals surface area (Å²) < 4.78 is 1.96. The highest BCUT2D eigenvalue weighted by Crippen LogP contribution is 2.10. The Balaban J connectivity index is 1.76. The number of nitrogens with zero attached hydrogens (tertiary/aromatic N) is 5. The number of nitrogens with one attached hydrogen (secondary N) is 1. The molecule has 0 aliphatic carbocycles. The zero-order valence-electron chi connectivity index (χ0n) is 13.0. The molecule has 2 heterocycles. The largest absolute Gasteiger partial charge is 0.311 e. The molecule has 1 unspecified atom stereocenters. The monoisotopic (exact) mass is 280 g/mol. The topological polar surface area (TPSA) is 49.2 Å². The Kier molecular flexibility index (Phi) is 5.94. The van der Waals surface area contributed by atoms with Gasteiger partial charge in [-0.1, -0.05) is 19.1 Å². The number of likely N-dealkylation sites (N-methyl/N-ethyl adjacent to an activating group) is 1. The molecular weight excluding hydrogens is 252 g/mol. The normalized spacial score (nSPS) is 21.4. The molecule has 6 nitrogen and oxygen atoms in total. The highest BCUT2D eigenvalue weighted by Gasteiger charge is 2.22. The molecule has 0 bridgehead atoms. The van der Waals surface area contributed by atoms with E-state index in [1.807, 2.05) is 4.68 Å². The van der Waals surface area contributed by atoms with Gasteiger partial charge < -0.3 is 10.2 Å². The van der Waals surface area contributed by atoms with Gasteiger partial charge in [-0.2, -0.15) is 0 Å². The predicted octanol–water partition coefficient (Wildman–Crippen LogP) is 0.414. The summed E-state index contributed by atoms with van der Waals surface area (Å²) >= 11 is 0. The Morgan fingerprint density at radius 1 is 1.30 bits per heavy atom. The van der Waals surface area contributed by atoms with Crippen LogP contribution in [0, 0.1) is 0 Å². The second-order valence-electron chi connectivity index (χ2n) is 5.60. The molecular formula is C14H28N6. The van der Waals surface area contributed by atoms with E-state index < -0.39 is 0 Å². The first-order valence-corrected chi connectivity index (χ1v) is 7.75. The number of piperazine rings is 1. The molecule has 1 fully saturated rings. The molecule has 1 aromatic rings. The zero-order valence-corrected chi connectivity index (χ0v) is 13.0. The first-order valence-electron chi connectivity index (χ1n) is 7.75. The molecule has 1 aliphatic rings. The fraction of sp³-hybridized carbons (Fsp3) is 0.857. The van der Waals surface area contributed by atoms with Crippen LogP contribution < -0.4 is 5.32 Å². The van der Waals surface area contributed by atoms with E-state index in [9.17, 15) is 0 Å². The van der Waals surface area contributed by atoms with Gasteiger partial charge in [0.15, 0.2) is 0 Å². The van der Waals surface area contributed by atoms with Gasteiger partial charge in [0.25, 0.3) is 0 Å². The zero-order chi connectivity index (χ0) is 14.4. The molecule has 1 aromatic heterocycles. The van der Waals surface area contributed by atoms with Crippen molar-refractivity contribution >= 4 is 0 Å². The second-order valence-corrected chi connectivity index (χ2v) is 5.60. The van der Waals surface area contributed by atoms with Crippen LogP contribution in [0.1, 0.15) is 26.0 Å². The summed E-state index contributed by atoms with van der Waals surface area (Å²) in [5.74, 6) is 0. The Bertz CT molecular complexity index is 391. The highest BCUT2D eigenvalue weighted by molar-refractivity contribution is 4.91. The van der Waals surface area contributed by atoms with Gasteiger partial charge in [0, 0.05) is 45.0 Å². The lowest BCUT2D eigenvalue weighted by Crippen LogP contribution is -2.51. The molecule has 0 radical (unpaired) electrons. The van der Waals surface area contributed by atoms with Crippen LogP contribution in [-0.2, 0) is 13.1 Å². The maximum Gasteiger partial charge on any atom is 0.0964 e. The molecule has 6 heteroatoms. The van der Waals surface area contributed by atoms with Gasteiger partial charge >= 0.3 is 0 Å². The van der Waals surface area contributed by atoms with E-state index in [0.29, 0.717) is 6.04 Å². The molecule has 20 heavy (non-hydrogen) atoms. The highest BCUT2D eigenvalue weighted by atomic mass is 15.4. The molecule has 1 saturated heterocycles. The molecule has 1 atom stereocenters. The predicted molar refractivity (Wildman–Crippen MR) is 80.6 cm³/mol. The molecule has 114 valence electrons. The third-order valence-electron chi connectivity index (χ3n) is 4.12. The Morgan fingerprint density at radius 2 is 2.15 bits per heavy atom. The van der Waals surface area contributed by atoms with Gasteiger partial charge in [-0.15, -0.1) is 5.10 Å². The van der Waals surface area contributed by atoms with Crippen LogP contribution in [0.4, 0.5) is 0 Å². The summed E-state index contributed by atoms with van der Waals surface area (Å²) in [5.41, 5.74) is 1.02. The average molecular weight is 280 g/mol. The lowest BCUT2D eigenvalue weighted by atomic mass is 10.1. The second kappa shape index (κ2) is 7.71. The van der Waals surface area contributed by atoms with E-state index >= 15 is 0 Å². The lowest BCUT2D eigenvalue weighted by molar-refractivity contribution is 0.0899. The minimum atomic E-state index is 0.698. The standard InChI is InChI=1S/C14H28N6/c1-4-14-12-19(7-6-18(14)3)8-9-20-11-13(16-17-20)10-15-5-2/h11,14-15H,4-10,12H2,1-3H3. The van der Waals surface area contributed by atoms with Gasteiger partial charge in [-0.25, -0.2) is 0 Å². The van der Waals surface area contributed by atoms with Crippen LogP contribution in [0.5, 0.6) is 0 Å². The summed E-state index contributed by atoms with van der Waals surface area (Å²) in [6, 6.07) is 0.698. The Morgan fingerprint density at radius 3 is 2.90 bits per heavy atom. The maximum atomic E-state index is 4.20. The lowest BCUT2D eigenvalue weighted by Gasteiger charge is -2.39. The van der Waals surface area contributed by atoms with E-state index in [2.05, 4.69) is 52.5 Å². The van der Waals surface area contributed by atoms with Crippen LogP contribution in [-0.4, -0.2) is 70.6 Å². The van der Waals surface area contributed by atoms with E-state index in [0.717, 1.165) is 38.4 Å². The van der Waals surface area contributed by atoms with E-state index in [1.165, 1.54) is 19.5 Å². The first kappa shape index (κ1) is 15.4. The number of hydrogen-bond acceptors (Lipinski definition) is 5. The van der Waals surface area contributed by atoms with Gasteiger partial charge in [0.2, 0.25) is 0 Å². The average Bonchev–Trinajstić information content (AvgIpc) is 2.92. The van der Waals surface area contributed by atoms with Crippen molar-refractivity contribution in [3.63, 3.8) is 0 Å². The summed E-state index contributed by atoms with van der Waals surface area (Å²) in [7, 11) is 2.23. The molecule has 0 spiro atoms. The summed E-state index contributed by atoms with van der Waals surface area (Å²) in [6.07, 6.45) is 3.28. The Hall–Kier alpha value is -0.980. The quantitative estimate of drug-likeness (QED) is 0.784. The van der Waals surface area contributed by atoms with E-state index in [1.54, 1.807) is 0 Å². The fourth-order valence-corrected chi connectivity index (χ4v) is 2.68. The van der Waals surface area contributed by atoms with Crippen molar-refractivity contribution < 1.29 is 0 Å². The van der Waals surface area contributed by atoms with Crippen molar-refractivity contribution in [3.8, 4) is 0 Å². The van der Waals surface area contributed by atoms with Gasteiger partial charge in [-0.3, -0.25) is 9.58 Å². The summed E-state index contributed by atoms with van der Waals surface area (Å²) in [4.78, 5) is 5.01. The Labute approximate surface area is 122 Å². The van der Waals surface area contributed by atoms with Crippen LogP contribution in [0.2, 0.25) is 0 Å². The van der Waals surface area contributed by atoms with Crippen molar-refractivity contribution in [2.24, 2.45) is 0 Å². The van der Waals surface area contributed by atoms with Crippen LogP contribution in [0.25, 0.3) is 0 Å². The van der Waals surface area contributed by atoms with Gasteiger partial charge in [0.05, 0.1) is 12.2 Å². The molecule has 1 N–H and O–H groups in total.